The Hall–Kier alpha value is -4.48. The van der Waals surface area contributed by atoms with Gasteiger partial charge in [0, 0.05) is 6.42 Å². The number of hydrogen-bond acceptors (Lipinski definition) is 5. The molecule has 0 aliphatic heterocycles. The zero-order valence-corrected chi connectivity index (χ0v) is 23.4. The van der Waals surface area contributed by atoms with Crippen molar-refractivity contribution >= 4 is 15.0 Å². The van der Waals surface area contributed by atoms with Gasteiger partial charge in [0.25, 0.3) is 9.03 Å². The summed E-state index contributed by atoms with van der Waals surface area (Å²) < 4.78 is 10.8. The van der Waals surface area contributed by atoms with Crippen molar-refractivity contribution in [3.63, 3.8) is 0 Å². The highest BCUT2D eigenvalue weighted by atomic mass is 31.1. The third kappa shape index (κ3) is 12.1. The summed E-state index contributed by atoms with van der Waals surface area (Å²) >= 11 is 0. The number of aliphatic hydroxyl groups excluding tert-OH is 2. The molecule has 0 bridgehead atoms. The lowest BCUT2D eigenvalue weighted by molar-refractivity contribution is 0.0696. The van der Waals surface area contributed by atoms with Crippen LogP contribution < -0.4 is 9.05 Å². The molecule has 0 aromatic heterocycles. The first-order valence-electron chi connectivity index (χ1n) is 13.0. The molecule has 5 aromatic rings. The number of carbonyl (C=O) groups is 1. The molecule has 0 saturated heterocycles. The van der Waals surface area contributed by atoms with Crippen LogP contribution in [0.25, 0.3) is 0 Å². The van der Waals surface area contributed by atoms with Crippen molar-refractivity contribution < 1.29 is 29.2 Å². The van der Waals surface area contributed by atoms with Crippen LogP contribution in [0, 0.1) is 0 Å². The average Bonchev–Trinajstić information content (AvgIpc) is 3.04. The van der Waals surface area contributed by atoms with Crippen molar-refractivity contribution in [1.29, 1.82) is 0 Å². The number of carboxylic acid groups (broad SMARTS) is 1. The summed E-state index contributed by atoms with van der Waals surface area (Å²) in [5.74, 6) is 0.772. The fourth-order valence-corrected chi connectivity index (χ4v) is 4.02. The first-order chi connectivity index (χ1) is 20.0. The summed E-state index contributed by atoms with van der Waals surface area (Å²) in [5.41, 5.74) is 2.00. The van der Waals surface area contributed by atoms with Crippen LogP contribution in [0.1, 0.15) is 40.1 Å². The molecule has 41 heavy (non-hydrogen) atoms. The fraction of sp³-hybridized carbons (Fsp3) is 0.0882. The molecule has 2 atom stereocenters. The molecule has 210 valence electrons. The second-order valence-corrected chi connectivity index (χ2v) is 9.25. The number of aliphatic hydroxyl groups is 2. The molecule has 5 aromatic carbocycles. The van der Waals surface area contributed by atoms with E-state index in [-0.39, 0.29) is 9.03 Å². The second kappa shape index (κ2) is 18.0. The van der Waals surface area contributed by atoms with Crippen LogP contribution in [0.2, 0.25) is 0 Å². The average molecular weight is 569 g/mol. The first kappa shape index (κ1) is 31.1. The van der Waals surface area contributed by atoms with Gasteiger partial charge in [-0.15, -0.1) is 0 Å². The van der Waals surface area contributed by atoms with Crippen molar-refractivity contribution in [2.45, 2.75) is 18.6 Å². The molecule has 7 heteroatoms. The van der Waals surface area contributed by atoms with Crippen LogP contribution in [0.5, 0.6) is 11.5 Å². The van der Waals surface area contributed by atoms with Gasteiger partial charge in [0.05, 0.1) is 17.8 Å². The number of benzene rings is 5. The molecule has 0 radical (unpaired) electrons. The Morgan fingerprint density at radius 1 is 0.537 bits per heavy atom. The molecule has 6 nitrogen and oxygen atoms in total. The molecular weight excluding hydrogens is 535 g/mol. The lowest BCUT2D eigenvalue weighted by atomic mass is 9.99. The number of hydrogen-bond donors (Lipinski definition) is 3. The van der Waals surface area contributed by atoms with Crippen LogP contribution >= 0.6 is 9.03 Å². The molecular formula is C34H33O6P. The van der Waals surface area contributed by atoms with E-state index in [1.54, 1.807) is 30.3 Å². The van der Waals surface area contributed by atoms with Gasteiger partial charge in [0.1, 0.15) is 11.5 Å². The summed E-state index contributed by atoms with van der Waals surface area (Å²) in [6.07, 6.45) is -0.952. The van der Waals surface area contributed by atoms with E-state index in [2.05, 4.69) is 0 Å². The summed E-state index contributed by atoms with van der Waals surface area (Å²) in [6.45, 7) is 0. The highest BCUT2D eigenvalue weighted by Gasteiger charge is 2.14. The van der Waals surface area contributed by atoms with Crippen molar-refractivity contribution in [2.24, 2.45) is 0 Å². The molecule has 2 unspecified atom stereocenters. The van der Waals surface area contributed by atoms with Gasteiger partial charge in [-0.2, -0.15) is 0 Å². The van der Waals surface area contributed by atoms with Gasteiger partial charge in [0.15, 0.2) is 0 Å². The standard InChI is InChI=1S/C15H16O2.C12H11O2P.C7H6O2/c16-14(12-7-3-1-4-8-12)11-15(17)13-9-5-2-6-10-13;1-3-7-11(8-4-1)13-15-14-12-9-5-2-6-10-12;8-7(9)6-4-2-1-3-5-6/h1-10,14-17H,11H2;1-10,15H;1-5H,(H,8,9). The zero-order chi connectivity index (χ0) is 29.1. The molecule has 0 heterocycles. The molecule has 5 rings (SSSR count). The number of aromatic carboxylic acids is 1. The molecule has 0 aliphatic carbocycles. The van der Waals surface area contributed by atoms with Crippen LogP contribution in [0.3, 0.4) is 0 Å². The first-order valence-corrected chi connectivity index (χ1v) is 13.8. The number of para-hydroxylation sites is 2. The van der Waals surface area contributed by atoms with Crippen molar-refractivity contribution in [2.75, 3.05) is 0 Å². The van der Waals surface area contributed by atoms with E-state index < -0.39 is 18.2 Å². The molecule has 0 aliphatic rings. The van der Waals surface area contributed by atoms with Crippen LogP contribution in [0.4, 0.5) is 0 Å². The summed E-state index contributed by atoms with van der Waals surface area (Å²) in [6, 6.07) is 46.3. The Morgan fingerprint density at radius 2 is 0.854 bits per heavy atom. The highest BCUT2D eigenvalue weighted by Crippen LogP contribution is 2.26. The fourth-order valence-electron chi connectivity index (χ4n) is 3.51. The van der Waals surface area contributed by atoms with Crippen molar-refractivity contribution in [3.8, 4) is 11.5 Å². The predicted molar refractivity (Wildman–Crippen MR) is 163 cm³/mol. The van der Waals surface area contributed by atoms with E-state index in [0.29, 0.717) is 12.0 Å². The quantitative estimate of drug-likeness (QED) is 0.157. The molecule has 0 saturated carbocycles. The Balaban J connectivity index is 0.000000177. The maximum atomic E-state index is 10.2. The number of rotatable bonds is 9. The lowest BCUT2D eigenvalue weighted by Gasteiger charge is -2.16. The minimum atomic E-state index is -0.879. The molecule has 0 amide bonds. The zero-order valence-electron chi connectivity index (χ0n) is 22.4. The minimum Gasteiger partial charge on any atom is -0.478 e. The topological polar surface area (TPSA) is 96.2 Å². The highest BCUT2D eigenvalue weighted by molar-refractivity contribution is 7.27. The van der Waals surface area contributed by atoms with E-state index in [1.165, 1.54) is 0 Å². The van der Waals surface area contributed by atoms with Crippen molar-refractivity contribution in [1.82, 2.24) is 0 Å². The minimum absolute atomic E-state index is 0.0129. The van der Waals surface area contributed by atoms with Gasteiger partial charge < -0.3 is 24.4 Å². The third-order valence-corrected chi connectivity index (χ3v) is 6.28. The Bertz CT molecular complexity index is 1290. The van der Waals surface area contributed by atoms with E-state index >= 15 is 0 Å². The van der Waals surface area contributed by atoms with Gasteiger partial charge >= 0.3 is 5.97 Å². The SMILES string of the molecule is O=C(O)c1ccccc1.OC(CC(O)c1ccccc1)c1ccccc1.c1ccc(OPOc2ccccc2)cc1. The number of carboxylic acids is 1. The van der Waals surface area contributed by atoms with Crippen molar-refractivity contribution in [3.05, 3.63) is 168 Å². The Kier molecular flexibility index (Phi) is 13.6. The summed E-state index contributed by atoms with van der Waals surface area (Å²) in [4.78, 5) is 10.2. The van der Waals surface area contributed by atoms with E-state index in [0.717, 1.165) is 22.6 Å². The van der Waals surface area contributed by atoms with Gasteiger partial charge in [-0.1, -0.05) is 115 Å². The second-order valence-electron chi connectivity index (χ2n) is 8.67. The predicted octanol–water partition coefficient (Wildman–Crippen LogP) is 7.88. The lowest BCUT2D eigenvalue weighted by Crippen LogP contribution is -2.05. The smallest absolute Gasteiger partial charge is 0.335 e. The van der Waals surface area contributed by atoms with E-state index in [1.807, 2.05) is 121 Å². The van der Waals surface area contributed by atoms with Gasteiger partial charge in [-0.25, -0.2) is 4.79 Å². The summed E-state index contributed by atoms with van der Waals surface area (Å²) in [7, 11) is -0.0129. The van der Waals surface area contributed by atoms with Crippen LogP contribution in [-0.2, 0) is 0 Å². The molecule has 0 fully saturated rings. The maximum absolute atomic E-state index is 10.2. The monoisotopic (exact) mass is 568 g/mol. The van der Waals surface area contributed by atoms with Gasteiger partial charge in [-0.3, -0.25) is 0 Å². The van der Waals surface area contributed by atoms with Crippen LogP contribution in [-0.4, -0.2) is 21.3 Å². The normalized spacial score (nSPS) is 11.4. The summed E-state index contributed by atoms with van der Waals surface area (Å²) in [5, 5.41) is 28.4. The Morgan fingerprint density at radius 3 is 1.17 bits per heavy atom. The van der Waals surface area contributed by atoms with Gasteiger partial charge in [0.2, 0.25) is 0 Å². The molecule has 3 N–H and O–H groups in total. The van der Waals surface area contributed by atoms with Crippen LogP contribution in [0.15, 0.2) is 152 Å². The maximum Gasteiger partial charge on any atom is 0.335 e. The van der Waals surface area contributed by atoms with E-state index in [4.69, 9.17) is 14.2 Å². The Labute approximate surface area is 242 Å². The largest absolute Gasteiger partial charge is 0.478 e. The third-order valence-electron chi connectivity index (χ3n) is 5.64. The molecule has 0 spiro atoms. The van der Waals surface area contributed by atoms with E-state index in [9.17, 15) is 15.0 Å². The van der Waals surface area contributed by atoms with Gasteiger partial charge in [-0.05, 0) is 47.5 Å².